The number of carbonyl (C=O) groups excluding carboxylic acids is 2. The molecule has 1 aliphatic carbocycles. The van der Waals surface area contributed by atoms with Gasteiger partial charge in [-0.1, -0.05) is 37.5 Å². The third kappa shape index (κ3) is 4.63. The number of para-hydroxylation sites is 1. The summed E-state index contributed by atoms with van der Waals surface area (Å²) in [5, 5.41) is 6.00. The standard InChI is InChI=1S/C21H23IN2O2/c1-14-11-12-15(13-18(14)22)20(25)24-19-10-6-5-9-17(19)21(26)23-16-7-3-2-4-8-16/h5-6,9-13,16H,2-4,7-8H2,1H3,(H,23,26)(H,24,25). The molecule has 0 unspecified atom stereocenters. The van der Waals surface area contributed by atoms with Gasteiger partial charge in [-0.2, -0.15) is 0 Å². The minimum absolute atomic E-state index is 0.119. The van der Waals surface area contributed by atoms with E-state index in [9.17, 15) is 9.59 Å². The second-order valence-corrected chi connectivity index (χ2v) is 7.93. The first-order valence-electron chi connectivity index (χ1n) is 9.02. The SMILES string of the molecule is Cc1ccc(C(=O)Nc2ccccc2C(=O)NC2CCCCC2)cc1I. The minimum Gasteiger partial charge on any atom is -0.349 e. The monoisotopic (exact) mass is 462 g/mol. The van der Waals surface area contributed by atoms with Crippen molar-refractivity contribution in [3.05, 3.63) is 62.7 Å². The third-order valence-electron chi connectivity index (χ3n) is 4.79. The molecule has 3 rings (SSSR count). The number of carbonyl (C=O) groups is 2. The van der Waals surface area contributed by atoms with Crippen LogP contribution in [0.2, 0.25) is 0 Å². The summed E-state index contributed by atoms with van der Waals surface area (Å²) in [4.78, 5) is 25.3. The Balaban J connectivity index is 1.74. The van der Waals surface area contributed by atoms with E-state index in [4.69, 9.17) is 0 Å². The summed E-state index contributed by atoms with van der Waals surface area (Å²) >= 11 is 2.22. The fourth-order valence-electron chi connectivity index (χ4n) is 3.23. The molecule has 136 valence electrons. The fraction of sp³-hybridized carbons (Fsp3) is 0.333. The summed E-state index contributed by atoms with van der Waals surface area (Å²) in [7, 11) is 0. The van der Waals surface area contributed by atoms with Gasteiger partial charge in [-0.05, 0) is 72.2 Å². The van der Waals surface area contributed by atoms with Crippen molar-refractivity contribution in [2.75, 3.05) is 5.32 Å². The maximum absolute atomic E-state index is 12.7. The fourth-order valence-corrected chi connectivity index (χ4v) is 3.74. The van der Waals surface area contributed by atoms with Gasteiger partial charge >= 0.3 is 0 Å². The van der Waals surface area contributed by atoms with E-state index in [0.717, 1.165) is 34.8 Å². The molecule has 0 spiro atoms. The van der Waals surface area contributed by atoms with E-state index in [1.54, 1.807) is 18.2 Å². The summed E-state index contributed by atoms with van der Waals surface area (Å²) in [6, 6.07) is 13.0. The van der Waals surface area contributed by atoms with Crippen LogP contribution in [-0.4, -0.2) is 17.9 Å². The molecule has 0 radical (unpaired) electrons. The Bertz CT molecular complexity index is 813. The number of rotatable bonds is 4. The van der Waals surface area contributed by atoms with E-state index in [-0.39, 0.29) is 17.9 Å². The Kier molecular flexibility index (Phi) is 6.29. The molecular formula is C21H23IN2O2. The van der Waals surface area contributed by atoms with Gasteiger partial charge < -0.3 is 10.6 Å². The van der Waals surface area contributed by atoms with Crippen molar-refractivity contribution in [1.82, 2.24) is 5.32 Å². The molecule has 0 saturated heterocycles. The summed E-state index contributed by atoms with van der Waals surface area (Å²) < 4.78 is 1.04. The molecule has 5 heteroatoms. The first-order chi connectivity index (χ1) is 12.5. The van der Waals surface area contributed by atoms with E-state index < -0.39 is 0 Å². The number of amides is 2. The van der Waals surface area contributed by atoms with Crippen molar-refractivity contribution in [2.24, 2.45) is 0 Å². The van der Waals surface area contributed by atoms with E-state index >= 15 is 0 Å². The zero-order valence-electron chi connectivity index (χ0n) is 14.8. The van der Waals surface area contributed by atoms with Gasteiger partial charge in [0.1, 0.15) is 0 Å². The van der Waals surface area contributed by atoms with Crippen molar-refractivity contribution >= 4 is 40.1 Å². The molecule has 2 N–H and O–H groups in total. The summed E-state index contributed by atoms with van der Waals surface area (Å²) in [6.07, 6.45) is 5.63. The molecule has 0 bridgehead atoms. The maximum Gasteiger partial charge on any atom is 0.255 e. The predicted octanol–water partition coefficient (Wildman–Crippen LogP) is 4.91. The molecule has 4 nitrogen and oxygen atoms in total. The van der Waals surface area contributed by atoms with E-state index in [1.807, 2.05) is 31.2 Å². The summed E-state index contributed by atoms with van der Waals surface area (Å²) in [6.45, 7) is 2.01. The Morgan fingerprint density at radius 1 is 1.00 bits per heavy atom. The average Bonchev–Trinajstić information content (AvgIpc) is 2.65. The lowest BCUT2D eigenvalue weighted by molar-refractivity contribution is 0.0928. The van der Waals surface area contributed by atoms with E-state index in [1.165, 1.54) is 6.42 Å². The molecule has 2 amide bonds. The van der Waals surface area contributed by atoms with E-state index in [2.05, 4.69) is 33.2 Å². The van der Waals surface area contributed by atoms with Crippen molar-refractivity contribution < 1.29 is 9.59 Å². The average molecular weight is 462 g/mol. The van der Waals surface area contributed by atoms with Gasteiger partial charge in [0.25, 0.3) is 11.8 Å². The van der Waals surface area contributed by atoms with Crippen LogP contribution < -0.4 is 10.6 Å². The second-order valence-electron chi connectivity index (χ2n) is 6.77. The number of hydrogen-bond acceptors (Lipinski definition) is 2. The normalized spacial score (nSPS) is 14.7. The molecule has 0 atom stereocenters. The maximum atomic E-state index is 12.7. The Morgan fingerprint density at radius 2 is 1.73 bits per heavy atom. The highest BCUT2D eigenvalue weighted by Gasteiger charge is 2.19. The molecule has 2 aromatic rings. The Labute approximate surface area is 167 Å². The predicted molar refractivity (Wildman–Crippen MR) is 113 cm³/mol. The van der Waals surface area contributed by atoms with Crippen LogP contribution in [0.5, 0.6) is 0 Å². The van der Waals surface area contributed by atoms with Crippen molar-refractivity contribution in [1.29, 1.82) is 0 Å². The zero-order chi connectivity index (χ0) is 18.5. The summed E-state index contributed by atoms with van der Waals surface area (Å²) in [5.41, 5.74) is 2.77. The number of anilines is 1. The quantitative estimate of drug-likeness (QED) is 0.635. The largest absolute Gasteiger partial charge is 0.349 e. The molecule has 26 heavy (non-hydrogen) atoms. The molecule has 0 aliphatic heterocycles. The van der Waals surface area contributed by atoms with Crippen LogP contribution in [-0.2, 0) is 0 Å². The van der Waals surface area contributed by atoms with Crippen LogP contribution in [0.3, 0.4) is 0 Å². The van der Waals surface area contributed by atoms with Crippen LogP contribution in [0.1, 0.15) is 58.4 Å². The van der Waals surface area contributed by atoms with Gasteiger partial charge in [0.05, 0.1) is 11.3 Å². The van der Waals surface area contributed by atoms with Crippen LogP contribution in [0.25, 0.3) is 0 Å². The van der Waals surface area contributed by atoms with Crippen molar-refractivity contribution in [2.45, 2.75) is 45.1 Å². The first kappa shape index (κ1) is 18.9. The molecule has 2 aromatic carbocycles. The van der Waals surface area contributed by atoms with E-state index in [0.29, 0.717) is 16.8 Å². The lowest BCUT2D eigenvalue weighted by Crippen LogP contribution is -2.36. The molecule has 1 fully saturated rings. The van der Waals surface area contributed by atoms with Crippen molar-refractivity contribution in [3.63, 3.8) is 0 Å². The molecule has 0 heterocycles. The Morgan fingerprint density at radius 3 is 2.46 bits per heavy atom. The Hall–Kier alpha value is -1.89. The van der Waals surface area contributed by atoms with Crippen LogP contribution in [0.15, 0.2) is 42.5 Å². The number of hydrogen-bond donors (Lipinski definition) is 2. The first-order valence-corrected chi connectivity index (χ1v) is 10.1. The van der Waals surface area contributed by atoms with Crippen LogP contribution in [0.4, 0.5) is 5.69 Å². The van der Waals surface area contributed by atoms with Crippen molar-refractivity contribution in [3.8, 4) is 0 Å². The molecular weight excluding hydrogens is 439 g/mol. The smallest absolute Gasteiger partial charge is 0.255 e. The van der Waals surface area contributed by atoms with Crippen LogP contribution in [0, 0.1) is 10.5 Å². The third-order valence-corrected chi connectivity index (χ3v) is 5.96. The molecule has 1 aliphatic rings. The van der Waals surface area contributed by atoms with Gasteiger partial charge in [-0.3, -0.25) is 9.59 Å². The number of aryl methyl sites for hydroxylation is 1. The van der Waals surface area contributed by atoms with Gasteiger partial charge in [0.2, 0.25) is 0 Å². The van der Waals surface area contributed by atoms with Crippen LogP contribution >= 0.6 is 22.6 Å². The van der Waals surface area contributed by atoms with Gasteiger partial charge in [0.15, 0.2) is 0 Å². The molecule has 1 saturated carbocycles. The second kappa shape index (κ2) is 8.66. The zero-order valence-corrected chi connectivity index (χ0v) is 17.0. The number of halogens is 1. The topological polar surface area (TPSA) is 58.2 Å². The summed E-state index contributed by atoms with van der Waals surface area (Å²) in [5.74, 6) is -0.327. The highest BCUT2D eigenvalue weighted by molar-refractivity contribution is 14.1. The van der Waals surface area contributed by atoms with Gasteiger partial charge in [-0.25, -0.2) is 0 Å². The lowest BCUT2D eigenvalue weighted by Gasteiger charge is -2.23. The molecule has 0 aromatic heterocycles. The lowest BCUT2D eigenvalue weighted by atomic mass is 9.95. The highest BCUT2D eigenvalue weighted by atomic mass is 127. The van der Waals surface area contributed by atoms with Gasteiger partial charge in [0, 0.05) is 15.2 Å². The highest BCUT2D eigenvalue weighted by Crippen LogP contribution is 2.21. The minimum atomic E-state index is -0.208. The van der Waals surface area contributed by atoms with Gasteiger partial charge in [-0.15, -0.1) is 0 Å². The number of nitrogens with one attached hydrogen (secondary N) is 2. The number of benzene rings is 2.